The second-order valence-electron chi connectivity index (χ2n) is 7.01. The Hall–Kier alpha value is -3.60. The molecule has 1 aromatic carbocycles. The zero-order valence-electron chi connectivity index (χ0n) is 15.6. The average Bonchev–Trinajstić information content (AvgIpc) is 2.73. The molecule has 1 aliphatic carbocycles. The lowest BCUT2D eigenvalue weighted by Crippen LogP contribution is -2.47. The second kappa shape index (κ2) is 7.19. The predicted octanol–water partition coefficient (Wildman–Crippen LogP) is 1.83. The Labute approximate surface area is 163 Å². The van der Waals surface area contributed by atoms with Crippen LogP contribution in [0.4, 0.5) is 0 Å². The Morgan fingerprint density at radius 1 is 1.25 bits per heavy atom. The number of ether oxygens (including phenoxy) is 1. The van der Waals surface area contributed by atoms with Crippen LogP contribution in [0.5, 0.6) is 0 Å². The summed E-state index contributed by atoms with van der Waals surface area (Å²) in [4.78, 5) is 13.8. The first-order valence-corrected chi connectivity index (χ1v) is 8.73. The SMILES string of the molecule is COC(=O)c1ccc([C@H]2[C@H]3CN(C)CC=C3C(C#N)=C(N)C2(C#N)C#N)cc1. The number of hydrogen-bond acceptors (Lipinski definition) is 7. The highest BCUT2D eigenvalue weighted by atomic mass is 16.5. The number of methoxy groups -OCH3 is 1. The van der Waals surface area contributed by atoms with Crippen LogP contribution in [-0.4, -0.2) is 38.1 Å². The molecule has 1 heterocycles. The minimum Gasteiger partial charge on any atom is -0.465 e. The van der Waals surface area contributed by atoms with E-state index >= 15 is 0 Å². The van der Waals surface area contributed by atoms with E-state index in [2.05, 4.69) is 23.1 Å². The van der Waals surface area contributed by atoms with E-state index in [1.54, 1.807) is 24.3 Å². The van der Waals surface area contributed by atoms with Crippen molar-refractivity contribution in [1.82, 2.24) is 4.90 Å². The molecule has 0 fully saturated rings. The zero-order valence-corrected chi connectivity index (χ0v) is 15.6. The molecular weight excluding hydrogens is 354 g/mol. The normalized spacial score (nSPS) is 23.5. The van der Waals surface area contributed by atoms with Gasteiger partial charge in [-0.05, 0) is 30.3 Å². The molecule has 2 atom stereocenters. The second-order valence-corrected chi connectivity index (χ2v) is 7.01. The number of nitrogens with zero attached hydrogens (tertiary/aromatic N) is 4. The minimum atomic E-state index is -1.67. The number of fused-ring (bicyclic) bond motifs is 1. The largest absolute Gasteiger partial charge is 0.465 e. The van der Waals surface area contributed by atoms with Crippen molar-refractivity contribution in [3.8, 4) is 18.2 Å². The molecule has 28 heavy (non-hydrogen) atoms. The Kier molecular flexibility index (Phi) is 4.92. The number of nitriles is 3. The van der Waals surface area contributed by atoms with E-state index in [1.165, 1.54) is 7.11 Å². The fraction of sp³-hybridized carbons (Fsp3) is 0.333. The third kappa shape index (κ3) is 2.72. The molecular formula is C21H19N5O2. The highest BCUT2D eigenvalue weighted by molar-refractivity contribution is 5.89. The van der Waals surface area contributed by atoms with Crippen LogP contribution in [0.1, 0.15) is 21.8 Å². The third-order valence-corrected chi connectivity index (χ3v) is 5.54. The Morgan fingerprint density at radius 3 is 2.43 bits per heavy atom. The maximum absolute atomic E-state index is 11.7. The van der Waals surface area contributed by atoms with Crippen LogP contribution in [-0.2, 0) is 4.74 Å². The Bertz CT molecular complexity index is 987. The molecule has 1 aliphatic heterocycles. The first-order chi connectivity index (χ1) is 13.4. The average molecular weight is 373 g/mol. The van der Waals surface area contributed by atoms with Crippen LogP contribution in [0.15, 0.2) is 47.2 Å². The summed E-state index contributed by atoms with van der Waals surface area (Å²) >= 11 is 0. The van der Waals surface area contributed by atoms with Crippen molar-refractivity contribution in [1.29, 1.82) is 15.8 Å². The van der Waals surface area contributed by atoms with E-state index in [0.29, 0.717) is 24.2 Å². The summed E-state index contributed by atoms with van der Waals surface area (Å²) in [6.45, 7) is 1.24. The number of rotatable bonds is 2. The standard InChI is InChI=1S/C21H19N5O2/c1-26-8-7-15-16(9-22)19(25)21(11-23,12-24)18(17(15)10-26)13-3-5-14(6-4-13)20(27)28-2/h3-7,17-18H,8,10,25H2,1-2H3/t17-,18-/m0/s1. The number of benzene rings is 1. The molecule has 1 aromatic rings. The lowest BCUT2D eigenvalue weighted by molar-refractivity contribution is 0.0600. The smallest absolute Gasteiger partial charge is 0.337 e. The number of carbonyl (C=O) groups excluding carboxylic acids is 1. The van der Waals surface area contributed by atoms with Crippen molar-refractivity contribution in [3.63, 3.8) is 0 Å². The predicted molar refractivity (Wildman–Crippen MR) is 100 cm³/mol. The summed E-state index contributed by atoms with van der Waals surface area (Å²) in [6, 6.07) is 12.9. The van der Waals surface area contributed by atoms with Crippen molar-refractivity contribution in [3.05, 3.63) is 58.3 Å². The Morgan fingerprint density at radius 2 is 1.89 bits per heavy atom. The number of allylic oxidation sites excluding steroid dienone is 2. The lowest BCUT2D eigenvalue weighted by Gasteiger charge is -2.45. The number of likely N-dealkylation sites (N-methyl/N-ethyl adjacent to an activating group) is 1. The summed E-state index contributed by atoms with van der Waals surface area (Å²) in [5.41, 5.74) is 6.66. The van der Waals surface area contributed by atoms with Crippen molar-refractivity contribution in [2.45, 2.75) is 5.92 Å². The highest BCUT2D eigenvalue weighted by Crippen LogP contribution is 2.53. The zero-order chi connectivity index (χ0) is 20.5. The van der Waals surface area contributed by atoms with Gasteiger partial charge in [-0.3, -0.25) is 0 Å². The summed E-state index contributed by atoms with van der Waals surface area (Å²) in [6.07, 6.45) is 1.94. The number of carbonyl (C=O) groups is 1. The van der Waals surface area contributed by atoms with Gasteiger partial charge in [0.25, 0.3) is 0 Å². The van der Waals surface area contributed by atoms with Gasteiger partial charge in [-0.25, -0.2) is 4.79 Å². The molecule has 2 aliphatic rings. The van der Waals surface area contributed by atoms with Gasteiger partial charge in [0, 0.05) is 24.9 Å². The van der Waals surface area contributed by atoms with Gasteiger partial charge < -0.3 is 15.4 Å². The molecule has 2 N–H and O–H groups in total. The molecule has 7 heteroatoms. The van der Waals surface area contributed by atoms with Crippen LogP contribution in [0.25, 0.3) is 0 Å². The molecule has 7 nitrogen and oxygen atoms in total. The molecule has 0 saturated carbocycles. The van der Waals surface area contributed by atoms with E-state index in [4.69, 9.17) is 10.5 Å². The number of nitrogens with two attached hydrogens (primary N) is 1. The van der Waals surface area contributed by atoms with E-state index < -0.39 is 17.3 Å². The van der Waals surface area contributed by atoms with Crippen molar-refractivity contribution < 1.29 is 9.53 Å². The molecule has 0 unspecified atom stereocenters. The maximum Gasteiger partial charge on any atom is 0.337 e. The van der Waals surface area contributed by atoms with Crippen LogP contribution >= 0.6 is 0 Å². The van der Waals surface area contributed by atoms with Gasteiger partial charge in [0.2, 0.25) is 0 Å². The molecule has 0 amide bonds. The quantitative estimate of drug-likeness (QED) is 0.783. The fourth-order valence-electron chi connectivity index (χ4n) is 4.14. The Balaban J connectivity index is 2.24. The topological polar surface area (TPSA) is 127 Å². The van der Waals surface area contributed by atoms with E-state index in [0.717, 1.165) is 5.57 Å². The van der Waals surface area contributed by atoms with Crippen molar-refractivity contribution >= 4 is 5.97 Å². The van der Waals surface area contributed by atoms with Gasteiger partial charge in [-0.1, -0.05) is 18.2 Å². The van der Waals surface area contributed by atoms with Crippen LogP contribution in [0.3, 0.4) is 0 Å². The molecule has 0 radical (unpaired) electrons. The summed E-state index contributed by atoms with van der Waals surface area (Å²) in [7, 11) is 3.25. The van der Waals surface area contributed by atoms with Gasteiger partial charge in [-0.2, -0.15) is 15.8 Å². The number of esters is 1. The number of hydrogen-bond donors (Lipinski definition) is 1. The van der Waals surface area contributed by atoms with Gasteiger partial charge >= 0.3 is 5.97 Å². The minimum absolute atomic E-state index is 0.00547. The maximum atomic E-state index is 11.7. The first-order valence-electron chi connectivity index (χ1n) is 8.73. The lowest BCUT2D eigenvalue weighted by atomic mass is 9.58. The monoisotopic (exact) mass is 373 g/mol. The molecule has 3 rings (SSSR count). The van der Waals surface area contributed by atoms with Gasteiger partial charge in [-0.15, -0.1) is 0 Å². The van der Waals surface area contributed by atoms with Gasteiger partial charge in [0.05, 0.1) is 36.1 Å². The summed E-state index contributed by atoms with van der Waals surface area (Å²) < 4.78 is 4.73. The highest BCUT2D eigenvalue weighted by Gasteiger charge is 2.54. The van der Waals surface area contributed by atoms with Gasteiger partial charge in [0.1, 0.15) is 6.07 Å². The fourth-order valence-corrected chi connectivity index (χ4v) is 4.14. The van der Waals surface area contributed by atoms with Crippen LogP contribution in [0, 0.1) is 45.3 Å². The molecule has 0 aromatic heterocycles. The van der Waals surface area contributed by atoms with Crippen molar-refractivity contribution in [2.24, 2.45) is 17.1 Å². The van der Waals surface area contributed by atoms with Crippen molar-refractivity contribution in [2.75, 3.05) is 27.2 Å². The van der Waals surface area contributed by atoms with E-state index in [9.17, 15) is 20.6 Å². The van der Waals surface area contributed by atoms with Gasteiger partial charge in [0.15, 0.2) is 5.41 Å². The van der Waals surface area contributed by atoms with Crippen LogP contribution < -0.4 is 5.73 Å². The first kappa shape index (κ1) is 19.2. The van der Waals surface area contributed by atoms with Crippen LogP contribution in [0.2, 0.25) is 0 Å². The summed E-state index contributed by atoms with van der Waals surface area (Å²) in [5, 5.41) is 29.6. The third-order valence-electron chi connectivity index (χ3n) is 5.54. The van der Waals surface area contributed by atoms with E-state index in [-0.39, 0.29) is 17.2 Å². The molecule has 0 bridgehead atoms. The summed E-state index contributed by atoms with van der Waals surface area (Å²) in [5.74, 6) is -1.28. The van der Waals surface area contributed by atoms with E-state index in [1.807, 2.05) is 13.1 Å². The molecule has 0 saturated heterocycles. The molecule has 140 valence electrons. The molecule has 0 spiro atoms.